The van der Waals surface area contributed by atoms with Crippen molar-refractivity contribution in [2.75, 3.05) is 0 Å². The van der Waals surface area contributed by atoms with Crippen LogP contribution in [0.15, 0.2) is 200 Å². The summed E-state index contributed by atoms with van der Waals surface area (Å²) in [5, 5.41) is 0. The van der Waals surface area contributed by atoms with E-state index in [1.165, 1.54) is 4.90 Å². The molecule has 1 aliphatic rings. The molecule has 0 saturated carbocycles. The molecule has 1 heterocycles. The summed E-state index contributed by atoms with van der Waals surface area (Å²) < 4.78 is 38.1. The second kappa shape index (κ2) is 20.9. The Morgan fingerprint density at radius 1 is 0.273 bits per heavy atom. The fraction of sp³-hybridized carbons (Fsp3) is 0.123. The van der Waals surface area contributed by atoms with Gasteiger partial charge in [0.15, 0.2) is 0 Å². The number of carbonyl (C=O) groups excluding carboxylic acids is 2. The predicted molar refractivity (Wildman–Crippen MR) is 252 cm³/mol. The van der Waals surface area contributed by atoms with Gasteiger partial charge in [0.25, 0.3) is 11.8 Å². The second-order valence-corrected chi connectivity index (χ2v) is 15.9. The molecule has 0 saturated heterocycles. The molecule has 0 bridgehead atoms. The minimum absolute atomic E-state index is 0.0144. The van der Waals surface area contributed by atoms with Crippen LogP contribution in [0.4, 0.5) is 0 Å². The van der Waals surface area contributed by atoms with Crippen molar-refractivity contribution in [1.29, 1.82) is 0 Å². The molecule has 0 unspecified atom stereocenters. The lowest BCUT2D eigenvalue weighted by molar-refractivity contribution is 0.0641. The van der Waals surface area contributed by atoms with Gasteiger partial charge in [-0.15, -0.1) is 0 Å². The number of ether oxygens (including phenoxy) is 6. The van der Waals surface area contributed by atoms with Crippen molar-refractivity contribution in [3.05, 3.63) is 250 Å². The van der Waals surface area contributed by atoms with Crippen molar-refractivity contribution in [1.82, 2.24) is 4.90 Å². The number of carbonyl (C=O) groups is 2. The zero-order valence-corrected chi connectivity index (χ0v) is 36.2. The first-order valence-electron chi connectivity index (χ1n) is 21.8. The summed E-state index contributed by atoms with van der Waals surface area (Å²) in [6.07, 6.45) is 0. The van der Waals surface area contributed by atoms with Crippen LogP contribution in [-0.2, 0) is 46.2 Å². The van der Waals surface area contributed by atoms with E-state index in [2.05, 4.69) is 0 Å². The molecule has 0 fully saturated rings. The average Bonchev–Trinajstić information content (AvgIpc) is 3.60. The maximum absolute atomic E-state index is 13.5. The topological polar surface area (TPSA) is 92.8 Å². The largest absolute Gasteiger partial charge is 0.489 e. The number of amides is 2. The molecule has 0 atom stereocenters. The third-order valence-corrected chi connectivity index (χ3v) is 10.8. The smallest absolute Gasteiger partial charge is 0.261 e. The number of imide groups is 1. The van der Waals surface area contributed by atoms with Gasteiger partial charge in [-0.3, -0.25) is 14.5 Å². The van der Waals surface area contributed by atoms with Gasteiger partial charge >= 0.3 is 0 Å². The summed E-state index contributed by atoms with van der Waals surface area (Å²) in [5.41, 5.74) is 7.18. The van der Waals surface area contributed by atoms with E-state index in [0.29, 0.717) is 77.6 Å². The summed E-state index contributed by atoms with van der Waals surface area (Å²) in [4.78, 5) is 28.3. The Morgan fingerprint density at radius 2 is 0.515 bits per heavy atom. The lowest BCUT2D eigenvalue weighted by atomic mass is 10.1. The highest BCUT2D eigenvalue weighted by Crippen LogP contribution is 2.32. The summed E-state index contributed by atoms with van der Waals surface area (Å²) >= 11 is 0. The highest BCUT2D eigenvalue weighted by Gasteiger charge is 2.35. The van der Waals surface area contributed by atoms with E-state index in [1.807, 2.05) is 170 Å². The molecule has 8 aromatic carbocycles. The van der Waals surface area contributed by atoms with Crippen LogP contribution in [0.5, 0.6) is 34.5 Å². The van der Waals surface area contributed by atoms with Crippen molar-refractivity contribution in [3.8, 4) is 34.5 Å². The highest BCUT2D eigenvalue weighted by atomic mass is 16.5. The first-order chi connectivity index (χ1) is 32.5. The summed E-state index contributed by atoms with van der Waals surface area (Å²) in [6, 6.07) is 63.7. The fourth-order valence-electron chi connectivity index (χ4n) is 7.51. The van der Waals surface area contributed by atoms with E-state index < -0.39 is 0 Å². The predicted octanol–water partition coefficient (Wildman–Crippen LogP) is 12.0. The van der Waals surface area contributed by atoms with E-state index in [9.17, 15) is 9.59 Å². The Morgan fingerprint density at radius 3 is 0.803 bits per heavy atom. The lowest BCUT2D eigenvalue weighted by Crippen LogP contribution is -2.29. The third kappa shape index (κ3) is 11.4. The molecule has 0 N–H and O–H groups in total. The molecule has 2 amide bonds. The van der Waals surface area contributed by atoms with Crippen molar-refractivity contribution >= 4 is 11.8 Å². The summed E-state index contributed by atoms with van der Waals surface area (Å²) in [5.74, 6) is 2.79. The van der Waals surface area contributed by atoms with Gasteiger partial charge < -0.3 is 28.4 Å². The first kappa shape index (κ1) is 43.0. The number of rotatable bonds is 20. The second-order valence-electron chi connectivity index (χ2n) is 15.9. The van der Waals surface area contributed by atoms with Gasteiger partial charge in [0.2, 0.25) is 0 Å². The number of hydrogen-bond acceptors (Lipinski definition) is 8. The molecular formula is C57H47NO8. The molecule has 8 aromatic rings. The molecule has 0 aromatic heterocycles. The van der Waals surface area contributed by atoms with Gasteiger partial charge in [-0.2, -0.15) is 0 Å². The summed E-state index contributed by atoms with van der Waals surface area (Å²) in [7, 11) is 0. The number of fused-ring (bicyclic) bond motifs is 1. The maximum atomic E-state index is 13.5. The van der Waals surface area contributed by atoms with E-state index in [-0.39, 0.29) is 31.6 Å². The molecule has 0 spiro atoms. The lowest BCUT2D eigenvalue weighted by Gasteiger charge is -2.18. The van der Waals surface area contributed by atoms with Crippen LogP contribution >= 0.6 is 0 Å². The Balaban J connectivity index is 0.972. The van der Waals surface area contributed by atoms with Crippen molar-refractivity contribution in [2.24, 2.45) is 0 Å². The Kier molecular flexibility index (Phi) is 13.6. The van der Waals surface area contributed by atoms with E-state index in [4.69, 9.17) is 28.4 Å². The van der Waals surface area contributed by atoms with Gasteiger partial charge in [0, 0.05) is 18.2 Å². The minimum atomic E-state index is -0.352. The number of hydrogen-bond donors (Lipinski definition) is 0. The highest BCUT2D eigenvalue weighted by molar-refractivity contribution is 6.21. The van der Waals surface area contributed by atoms with Crippen LogP contribution < -0.4 is 28.4 Å². The number of benzene rings is 8. The Bertz CT molecular complexity index is 2570. The molecule has 0 radical (unpaired) electrons. The Labute approximate surface area is 384 Å². The molecule has 328 valence electrons. The first-order valence-corrected chi connectivity index (χ1v) is 21.8. The van der Waals surface area contributed by atoms with Crippen LogP contribution in [0.1, 0.15) is 59.7 Å². The molecule has 66 heavy (non-hydrogen) atoms. The Hall–Kier alpha value is -8.30. The SMILES string of the molecule is O=C1c2ccccc2C(=O)N1Cc1cc(OCc2cc(OCc3ccccc3)cc(OCc3ccccc3)c2)cc(OCc2cc(OCc3ccccc3)cc(OCc3ccccc3)c2)c1. The van der Waals surface area contributed by atoms with Crippen molar-refractivity contribution < 1.29 is 38.0 Å². The average molecular weight is 874 g/mol. The van der Waals surface area contributed by atoms with E-state index in [0.717, 1.165) is 33.4 Å². The van der Waals surface area contributed by atoms with Crippen molar-refractivity contribution in [3.63, 3.8) is 0 Å². The molecule has 0 aliphatic carbocycles. The van der Waals surface area contributed by atoms with E-state index in [1.54, 1.807) is 30.3 Å². The van der Waals surface area contributed by atoms with Gasteiger partial charge in [0.1, 0.15) is 74.1 Å². The van der Waals surface area contributed by atoms with Crippen molar-refractivity contribution in [2.45, 2.75) is 46.2 Å². The zero-order chi connectivity index (χ0) is 44.9. The van der Waals surface area contributed by atoms with Crippen LogP contribution in [0.25, 0.3) is 0 Å². The van der Waals surface area contributed by atoms with Gasteiger partial charge in [0.05, 0.1) is 17.7 Å². The molecule has 1 aliphatic heterocycles. The maximum Gasteiger partial charge on any atom is 0.261 e. The van der Waals surface area contributed by atoms with E-state index >= 15 is 0 Å². The molecule has 9 rings (SSSR count). The van der Waals surface area contributed by atoms with Crippen LogP contribution in [0.2, 0.25) is 0 Å². The van der Waals surface area contributed by atoms with Crippen LogP contribution in [0.3, 0.4) is 0 Å². The standard InChI is InChI=1S/C57H47NO8/c59-56-54-23-13-14-24-55(54)57(60)58(56)34-45-25-48(65-39-46-27-50(61-35-41-15-5-1-6-16-41)32-51(28-46)62-36-42-17-7-2-8-18-42)31-49(26-45)66-40-47-29-52(63-37-43-19-9-3-10-20-43)33-53(30-47)64-38-44-21-11-4-12-22-44/h1-33H,34-40H2. The molecule has 9 heteroatoms. The third-order valence-electron chi connectivity index (χ3n) is 10.8. The summed E-state index contributed by atoms with van der Waals surface area (Å²) in [6.45, 7) is 1.85. The van der Waals surface area contributed by atoms with Gasteiger partial charge in [-0.25, -0.2) is 0 Å². The fourth-order valence-corrected chi connectivity index (χ4v) is 7.51. The number of nitrogens with zero attached hydrogens (tertiary/aromatic N) is 1. The van der Waals surface area contributed by atoms with Crippen LogP contribution in [0, 0.1) is 0 Å². The minimum Gasteiger partial charge on any atom is -0.489 e. The van der Waals surface area contributed by atoms with Gasteiger partial charge in [-0.05, 0) is 87.5 Å². The van der Waals surface area contributed by atoms with Gasteiger partial charge in [-0.1, -0.05) is 133 Å². The quantitative estimate of drug-likeness (QED) is 0.0699. The monoisotopic (exact) mass is 873 g/mol. The zero-order valence-electron chi connectivity index (χ0n) is 36.2. The van der Waals surface area contributed by atoms with Crippen LogP contribution in [-0.4, -0.2) is 16.7 Å². The molecular weight excluding hydrogens is 827 g/mol. The molecule has 9 nitrogen and oxygen atoms in total. The normalized spacial score (nSPS) is 11.8.